The Morgan fingerprint density at radius 1 is 1.33 bits per heavy atom. The molecule has 12 heavy (non-hydrogen) atoms. The Bertz CT molecular complexity index is 292. The van der Waals surface area contributed by atoms with Crippen molar-refractivity contribution in [2.45, 2.75) is 26.7 Å². The van der Waals surface area contributed by atoms with Crippen molar-refractivity contribution in [3.8, 4) is 0 Å². The van der Waals surface area contributed by atoms with Crippen LogP contribution >= 0.6 is 11.6 Å². The molecule has 1 aromatic carbocycles. The van der Waals surface area contributed by atoms with Crippen LogP contribution in [0.25, 0.3) is 0 Å². The zero-order valence-electron chi connectivity index (χ0n) is 7.69. The van der Waals surface area contributed by atoms with Crippen molar-refractivity contribution >= 4 is 17.3 Å². The fourth-order valence-electron chi connectivity index (χ4n) is 1.22. The Balaban J connectivity index is 3.23. The zero-order chi connectivity index (χ0) is 9.30. The van der Waals surface area contributed by atoms with Gasteiger partial charge in [0, 0.05) is 10.7 Å². The highest BCUT2D eigenvalue weighted by atomic mass is 35.5. The molecular formula is C10H14ClN. The molecule has 0 atom stereocenters. The summed E-state index contributed by atoms with van der Waals surface area (Å²) in [6, 6.07) is 3.88. The van der Waals surface area contributed by atoms with E-state index in [0.717, 1.165) is 16.3 Å². The fourth-order valence-corrected chi connectivity index (χ4v) is 1.39. The second-order valence-corrected chi connectivity index (χ2v) is 3.79. The normalized spacial score (nSPS) is 10.8. The van der Waals surface area contributed by atoms with Crippen LogP contribution in [0.4, 0.5) is 5.69 Å². The third-order valence-electron chi connectivity index (χ3n) is 1.99. The highest BCUT2D eigenvalue weighted by Crippen LogP contribution is 2.27. The molecule has 0 radical (unpaired) electrons. The van der Waals surface area contributed by atoms with Gasteiger partial charge in [-0.05, 0) is 30.0 Å². The molecule has 0 spiro atoms. The molecule has 0 amide bonds. The topological polar surface area (TPSA) is 26.0 Å². The molecule has 0 fully saturated rings. The number of benzene rings is 1. The van der Waals surface area contributed by atoms with Gasteiger partial charge in [0.25, 0.3) is 0 Å². The Kier molecular flexibility index (Phi) is 2.63. The van der Waals surface area contributed by atoms with Crippen molar-refractivity contribution in [1.29, 1.82) is 0 Å². The molecule has 0 unspecified atom stereocenters. The molecule has 0 saturated heterocycles. The van der Waals surface area contributed by atoms with E-state index in [-0.39, 0.29) is 0 Å². The summed E-state index contributed by atoms with van der Waals surface area (Å²) >= 11 is 5.91. The summed E-state index contributed by atoms with van der Waals surface area (Å²) in [5, 5.41) is 0.747. The Morgan fingerprint density at radius 2 is 1.92 bits per heavy atom. The van der Waals surface area contributed by atoms with Gasteiger partial charge in [-0.25, -0.2) is 0 Å². The number of rotatable bonds is 1. The van der Waals surface area contributed by atoms with E-state index in [2.05, 4.69) is 19.9 Å². The minimum absolute atomic E-state index is 0.459. The predicted molar refractivity (Wildman–Crippen MR) is 54.7 cm³/mol. The van der Waals surface area contributed by atoms with E-state index in [0.29, 0.717) is 5.92 Å². The smallest absolute Gasteiger partial charge is 0.0455 e. The Morgan fingerprint density at radius 3 is 2.42 bits per heavy atom. The van der Waals surface area contributed by atoms with E-state index in [9.17, 15) is 0 Å². The molecule has 0 aliphatic rings. The van der Waals surface area contributed by atoms with Gasteiger partial charge >= 0.3 is 0 Å². The van der Waals surface area contributed by atoms with Crippen LogP contribution in [0.1, 0.15) is 30.9 Å². The molecule has 0 saturated carbocycles. The molecule has 1 aromatic rings. The van der Waals surface area contributed by atoms with Gasteiger partial charge in [-0.15, -0.1) is 0 Å². The van der Waals surface area contributed by atoms with E-state index in [4.69, 9.17) is 17.3 Å². The fraction of sp³-hybridized carbons (Fsp3) is 0.400. The van der Waals surface area contributed by atoms with Crippen LogP contribution in [0.3, 0.4) is 0 Å². The van der Waals surface area contributed by atoms with Crippen molar-refractivity contribution in [3.05, 3.63) is 28.3 Å². The first-order valence-corrected chi connectivity index (χ1v) is 4.45. The number of anilines is 1. The van der Waals surface area contributed by atoms with Gasteiger partial charge in [0.2, 0.25) is 0 Å². The molecule has 0 heterocycles. The van der Waals surface area contributed by atoms with E-state index < -0.39 is 0 Å². The highest BCUT2D eigenvalue weighted by molar-refractivity contribution is 6.31. The monoisotopic (exact) mass is 183 g/mol. The Labute approximate surface area is 78.5 Å². The van der Waals surface area contributed by atoms with Crippen LogP contribution in [-0.2, 0) is 0 Å². The zero-order valence-corrected chi connectivity index (χ0v) is 8.44. The van der Waals surface area contributed by atoms with Crippen molar-refractivity contribution in [1.82, 2.24) is 0 Å². The average Bonchev–Trinajstić information content (AvgIpc) is 1.96. The number of nitrogens with two attached hydrogens (primary N) is 1. The van der Waals surface area contributed by atoms with Crippen LogP contribution in [-0.4, -0.2) is 0 Å². The van der Waals surface area contributed by atoms with E-state index in [1.807, 2.05) is 13.0 Å². The second-order valence-electron chi connectivity index (χ2n) is 3.39. The van der Waals surface area contributed by atoms with Gasteiger partial charge in [0.1, 0.15) is 0 Å². The average molecular weight is 184 g/mol. The van der Waals surface area contributed by atoms with E-state index in [1.54, 1.807) is 0 Å². The maximum atomic E-state index is 5.91. The summed E-state index contributed by atoms with van der Waals surface area (Å²) in [6.45, 7) is 6.24. The van der Waals surface area contributed by atoms with Crippen molar-refractivity contribution in [2.24, 2.45) is 0 Å². The third-order valence-corrected chi connectivity index (χ3v) is 2.39. The lowest BCUT2D eigenvalue weighted by Crippen LogP contribution is -1.97. The molecule has 1 rings (SSSR count). The summed E-state index contributed by atoms with van der Waals surface area (Å²) in [4.78, 5) is 0. The van der Waals surface area contributed by atoms with Crippen LogP contribution in [0.5, 0.6) is 0 Å². The molecule has 0 aliphatic carbocycles. The largest absolute Gasteiger partial charge is 0.398 e. The molecule has 0 aromatic heterocycles. The molecule has 2 N–H and O–H groups in total. The van der Waals surface area contributed by atoms with Crippen LogP contribution < -0.4 is 5.73 Å². The number of hydrogen-bond donors (Lipinski definition) is 1. The van der Waals surface area contributed by atoms with Gasteiger partial charge in [-0.2, -0.15) is 0 Å². The van der Waals surface area contributed by atoms with Crippen molar-refractivity contribution in [3.63, 3.8) is 0 Å². The number of aryl methyl sites for hydroxylation is 1. The summed E-state index contributed by atoms with van der Waals surface area (Å²) in [5.74, 6) is 0.459. The van der Waals surface area contributed by atoms with E-state index >= 15 is 0 Å². The number of nitrogen functional groups attached to an aromatic ring is 1. The van der Waals surface area contributed by atoms with Gasteiger partial charge in [-0.3, -0.25) is 0 Å². The van der Waals surface area contributed by atoms with E-state index in [1.165, 1.54) is 5.56 Å². The lowest BCUT2D eigenvalue weighted by atomic mass is 9.99. The summed E-state index contributed by atoms with van der Waals surface area (Å²) in [6.07, 6.45) is 0. The summed E-state index contributed by atoms with van der Waals surface area (Å²) in [5.41, 5.74) is 8.87. The van der Waals surface area contributed by atoms with Gasteiger partial charge in [-0.1, -0.05) is 31.5 Å². The van der Waals surface area contributed by atoms with Gasteiger partial charge < -0.3 is 5.73 Å². The van der Waals surface area contributed by atoms with Crippen LogP contribution in [0.2, 0.25) is 5.02 Å². The molecule has 2 heteroatoms. The quantitative estimate of drug-likeness (QED) is 0.664. The molecule has 0 aliphatic heterocycles. The number of halogens is 1. The van der Waals surface area contributed by atoms with Gasteiger partial charge in [0.05, 0.1) is 0 Å². The minimum Gasteiger partial charge on any atom is -0.398 e. The van der Waals surface area contributed by atoms with Crippen LogP contribution in [0, 0.1) is 6.92 Å². The summed E-state index contributed by atoms with van der Waals surface area (Å²) < 4.78 is 0. The van der Waals surface area contributed by atoms with Crippen LogP contribution in [0.15, 0.2) is 12.1 Å². The minimum atomic E-state index is 0.459. The third kappa shape index (κ3) is 1.72. The van der Waals surface area contributed by atoms with Gasteiger partial charge in [0.15, 0.2) is 0 Å². The highest BCUT2D eigenvalue weighted by Gasteiger charge is 2.06. The number of hydrogen-bond acceptors (Lipinski definition) is 1. The molecule has 0 bridgehead atoms. The maximum absolute atomic E-state index is 5.91. The first-order valence-electron chi connectivity index (χ1n) is 4.08. The van der Waals surface area contributed by atoms with Crippen molar-refractivity contribution < 1.29 is 0 Å². The standard InChI is InChI=1S/C10H14ClN/c1-6(2)8-4-7(3)9(11)5-10(8)12/h4-6H,12H2,1-3H3. The SMILES string of the molecule is Cc1cc(C(C)C)c(N)cc1Cl. The molecular weight excluding hydrogens is 170 g/mol. The maximum Gasteiger partial charge on any atom is 0.0455 e. The summed E-state index contributed by atoms with van der Waals surface area (Å²) in [7, 11) is 0. The molecule has 1 nitrogen and oxygen atoms in total. The lowest BCUT2D eigenvalue weighted by molar-refractivity contribution is 0.868. The Hall–Kier alpha value is -0.690. The first kappa shape index (κ1) is 9.40. The second kappa shape index (κ2) is 3.36. The molecule has 66 valence electrons. The first-order chi connectivity index (χ1) is 5.52. The lowest BCUT2D eigenvalue weighted by Gasteiger charge is -2.11. The van der Waals surface area contributed by atoms with Crippen molar-refractivity contribution in [2.75, 3.05) is 5.73 Å². The predicted octanol–water partition coefficient (Wildman–Crippen LogP) is 3.35.